The molecule has 0 aliphatic heterocycles. The van der Waals surface area contributed by atoms with E-state index in [1.165, 1.54) is 24.0 Å². The lowest BCUT2D eigenvalue weighted by molar-refractivity contribution is -0.132. The van der Waals surface area contributed by atoms with E-state index in [4.69, 9.17) is 5.11 Å². The van der Waals surface area contributed by atoms with Crippen LogP contribution in [0.15, 0.2) is 29.8 Å². The molecule has 0 amide bonds. The zero-order valence-electron chi connectivity index (χ0n) is 11.4. The van der Waals surface area contributed by atoms with Gasteiger partial charge in [0.1, 0.15) is 0 Å². The van der Waals surface area contributed by atoms with Gasteiger partial charge in [0.15, 0.2) is 0 Å². The number of nitrogens with one attached hydrogen (secondary N) is 1. The molecule has 0 atom stereocenters. The molecule has 0 heterocycles. The summed E-state index contributed by atoms with van der Waals surface area (Å²) in [5.74, 6) is -0.820. The number of hydrogen-bond acceptors (Lipinski definition) is 2. The molecule has 0 unspecified atom stereocenters. The fourth-order valence-corrected chi connectivity index (χ4v) is 2.61. The average Bonchev–Trinajstić information content (AvgIpc) is 2.43. The summed E-state index contributed by atoms with van der Waals surface area (Å²) in [6, 6.07) is 6.36. The fourth-order valence-electron chi connectivity index (χ4n) is 2.61. The van der Waals surface area contributed by atoms with Gasteiger partial charge >= 0.3 is 5.97 Å². The summed E-state index contributed by atoms with van der Waals surface area (Å²) in [7, 11) is 0. The Morgan fingerprint density at radius 2 is 2.16 bits per heavy atom. The van der Waals surface area contributed by atoms with Crippen molar-refractivity contribution in [3.05, 3.63) is 41.0 Å². The molecule has 0 saturated heterocycles. The molecule has 1 aliphatic carbocycles. The Morgan fingerprint density at radius 1 is 1.37 bits per heavy atom. The minimum Gasteiger partial charge on any atom is -0.478 e. The Balaban J connectivity index is 2.06. The molecule has 2 rings (SSSR count). The van der Waals surface area contributed by atoms with Crippen molar-refractivity contribution in [3.63, 3.8) is 0 Å². The van der Waals surface area contributed by atoms with Gasteiger partial charge in [-0.15, -0.1) is 0 Å². The number of benzene rings is 1. The van der Waals surface area contributed by atoms with E-state index in [9.17, 15) is 4.79 Å². The van der Waals surface area contributed by atoms with Crippen molar-refractivity contribution in [3.8, 4) is 0 Å². The van der Waals surface area contributed by atoms with Crippen molar-refractivity contribution in [2.24, 2.45) is 0 Å². The van der Waals surface area contributed by atoms with E-state index in [1.807, 2.05) is 6.92 Å². The lowest BCUT2D eigenvalue weighted by atomic mass is 9.90. The lowest BCUT2D eigenvalue weighted by Crippen LogP contribution is -2.09. The van der Waals surface area contributed by atoms with Crippen LogP contribution < -0.4 is 5.32 Å². The number of carboxylic acid groups (broad SMARTS) is 1. The summed E-state index contributed by atoms with van der Waals surface area (Å²) in [6.07, 6.45) is 7.14. The van der Waals surface area contributed by atoms with Crippen molar-refractivity contribution in [1.82, 2.24) is 0 Å². The first-order chi connectivity index (χ1) is 9.22. The maximum atomic E-state index is 10.9. The summed E-state index contributed by atoms with van der Waals surface area (Å²) in [6.45, 7) is 2.44. The van der Waals surface area contributed by atoms with Gasteiger partial charge in [-0.1, -0.05) is 25.1 Å². The highest BCUT2D eigenvalue weighted by atomic mass is 16.4. The highest BCUT2D eigenvalue weighted by Crippen LogP contribution is 2.27. The number of fused-ring (bicyclic) bond motifs is 1. The molecule has 19 heavy (non-hydrogen) atoms. The fraction of sp³-hybridized carbons (Fsp3) is 0.438. The van der Waals surface area contributed by atoms with Crippen molar-refractivity contribution >= 4 is 11.7 Å². The number of rotatable bonds is 5. The number of hydrogen-bond donors (Lipinski definition) is 2. The molecule has 0 bridgehead atoms. The molecule has 2 N–H and O–H groups in total. The third kappa shape index (κ3) is 3.37. The summed E-state index contributed by atoms with van der Waals surface area (Å²) < 4.78 is 0. The van der Waals surface area contributed by atoms with E-state index in [0.29, 0.717) is 18.5 Å². The van der Waals surface area contributed by atoms with E-state index < -0.39 is 5.97 Å². The molecule has 3 heteroatoms. The van der Waals surface area contributed by atoms with Gasteiger partial charge in [0.25, 0.3) is 0 Å². The molecular weight excluding hydrogens is 238 g/mol. The Kier molecular flexibility index (Phi) is 4.61. The Labute approximate surface area is 114 Å². The van der Waals surface area contributed by atoms with Crippen LogP contribution in [0.1, 0.15) is 37.3 Å². The van der Waals surface area contributed by atoms with Crippen LogP contribution in [0.25, 0.3) is 0 Å². The number of anilines is 1. The maximum absolute atomic E-state index is 10.9. The predicted octanol–water partition coefficient (Wildman–Crippen LogP) is 3.40. The van der Waals surface area contributed by atoms with Crippen LogP contribution in [-0.4, -0.2) is 17.6 Å². The first-order valence-corrected chi connectivity index (χ1v) is 6.99. The molecule has 102 valence electrons. The molecule has 1 aromatic rings. The normalized spacial score (nSPS) is 14.9. The van der Waals surface area contributed by atoms with E-state index in [0.717, 1.165) is 18.5 Å². The minimum atomic E-state index is -0.820. The molecule has 0 aromatic heterocycles. The van der Waals surface area contributed by atoms with Gasteiger partial charge in [-0.05, 0) is 49.3 Å². The molecular formula is C16H21NO2. The van der Waals surface area contributed by atoms with Crippen molar-refractivity contribution in [2.45, 2.75) is 39.0 Å². The van der Waals surface area contributed by atoms with E-state index in [1.54, 1.807) is 6.08 Å². The Bertz CT molecular complexity index is 492. The standard InChI is InChI=1S/C16H21NO2/c1-2-12(16(18)19)10-11-17-15-9-5-7-13-6-3-4-8-14(13)15/h5,7,9-10,17H,2-4,6,8,11H2,1H3,(H,18,19)/b12-10-. The SMILES string of the molecule is CC/C(=C/CNc1cccc2c1CCCC2)C(=O)O. The molecule has 3 nitrogen and oxygen atoms in total. The van der Waals surface area contributed by atoms with Crippen LogP contribution in [0, 0.1) is 0 Å². The largest absolute Gasteiger partial charge is 0.478 e. The van der Waals surface area contributed by atoms with Gasteiger partial charge in [0.2, 0.25) is 0 Å². The van der Waals surface area contributed by atoms with Crippen molar-refractivity contribution in [2.75, 3.05) is 11.9 Å². The van der Waals surface area contributed by atoms with Gasteiger partial charge in [0, 0.05) is 17.8 Å². The lowest BCUT2D eigenvalue weighted by Gasteiger charge is -2.19. The maximum Gasteiger partial charge on any atom is 0.331 e. The van der Waals surface area contributed by atoms with Crippen molar-refractivity contribution in [1.29, 1.82) is 0 Å². The summed E-state index contributed by atoms with van der Waals surface area (Å²) in [4.78, 5) is 10.9. The van der Waals surface area contributed by atoms with E-state index in [-0.39, 0.29) is 0 Å². The minimum absolute atomic E-state index is 0.470. The van der Waals surface area contributed by atoms with Crippen LogP contribution in [0.3, 0.4) is 0 Å². The second kappa shape index (κ2) is 6.41. The monoisotopic (exact) mass is 259 g/mol. The van der Waals surface area contributed by atoms with Crippen LogP contribution in [-0.2, 0) is 17.6 Å². The number of carbonyl (C=O) groups is 1. The summed E-state index contributed by atoms with van der Waals surface area (Å²) >= 11 is 0. The molecule has 0 spiro atoms. The molecule has 1 aromatic carbocycles. The van der Waals surface area contributed by atoms with Crippen molar-refractivity contribution < 1.29 is 9.90 Å². The highest BCUT2D eigenvalue weighted by molar-refractivity contribution is 5.86. The zero-order valence-corrected chi connectivity index (χ0v) is 11.4. The Hall–Kier alpha value is -1.77. The van der Waals surface area contributed by atoms with E-state index >= 15 is 0 Å². The summed E-state index contributed by atoms with van der Waals surface area (Å²) in [5, 5.41) is 12.3. The molecule has 0 saturated carbocycles. The second-order valence-corrected chi connectivity index (χ2v) is 4.92. The van der Waals surface area contributed by atoms with Crippen LogP contribution in [0.5, 0.6) is 0 Å². The van der Waals surface area contributed by atoms with Crippen LogP contribution in [0.4, 0.5) is 5.69 Å². The van der Waals surface area contributed by atoms with Crippen LogP contribution >= 0.6 is 0 Å². The number of aliphatic carboxylic acids is 1. The smallest absolute Gasteiger partial charge is 0.331 e. The highest BCUT2D eigenvalue weighted by Gasteiger charge is 2.12. The zero-order chi connectivity index (χ0) is 13.7. The van der Waals surface area contributed by atoms with Gasteiger partial charge < -0.3 is 10.4 Å². The topological polar surface area (TPSA) is 49.3 Å². The number of aryl methyl sites for hydroxylation is 1. The van der Waals surface area contributed by atoms with Gasteiger partial charge in [-0.2, -0.15) is 0 Å². The van der Waals surface area contributed by atoms with E-state index in [2.05, 4.69) is 23.5 Å². The molecule has 0 fully saturated rings. The average molecular weight is 259 g/mol. The second-order valence-electron chi connectivity index (χ2n) is 4.92. The van der Waals surface area contributed by atoms with Gasteiger partial charge in [-0.3, -0.25) is 0 Å². The predicted molar refractivity (Wildman–Crippen MR) is 77.6 cm³/mol. The first kappa shape index (κ1) is 13.7. The molecule has 1 aliphatic rings. The van der Waals surface area contributed by atoms with Gasteiger partial charge in [-0.25, -0.2) is 4.79 Å². The third-order valence-electron chi connectivity index (χ3n) is 3.69. The first-order valence-electron chi connectivity index (χ1n) is 6.99. The quantitative estimate of drug-likeness (QED) is 0.797. The third-order valence-corrected chi connectivity index (χ3v) is 3.69. The number of carboxylic acids is 1. The van der Waals surface area contributed by atoms with Crippen LogP contribution in [0.2, 0.25) is 0 Å². The summed E-state index contributed by atoms with van der Waals surface area (Å²) in [5.41, 5.74) is 4.48. The Morgan fingerprint density at radius 3 is 2.89 bits per heavy atom. The van der Waals surface area contributed by atoms with Gasteiger partial charge in [0.05, 0.1) is 0 Å². The molecule has 0 radical (unpaired) electrons.